The molecule has 2 atom stereocenters. The van der Waals surface area contributed by atoms with Crippen LogP contribution in [0.2, 0.25) is 5.02 Å². The van der Waals surface area contributed by atoms with E-state index in [2.05, 4.69) is 72.9 Å². The average Bonchev–Trinajstić information content (AvgIpc) is 3.41. The summed E-state index contributed by atoms with van der Waals surface area (Å²) in [6, 6.07) is 17.8. The van der Waals surface area contributed by atoms with Gasteiger partial charge in [-0.15, -0.1) is 0 Å². The number of halogens is 1. The molecule has 212 valence electrons. The molecule has 3 heterocycles. The fourth-order valence-corrected chi connectivity index (χ4v) is 6.55. The number of rotatable bonds is 7. The van der Waals surface area contributed by atoms with Crippen molar-refractivity contribution in [3.8, 4) is 5.69 Å². The van der Waals surface area contributed by atoms with E-state index in [1.807, 2.05) is 30.3 Å². The topological polar surface area (TPSA) is 71.4 Å². The number of aryl methyl sites for hydroxylation is 4. The molecule has 1 saturated heterocycles. The van der Waals surface area contributed by atoms with Gasteiger partial charge >= 0.3 is 0 Å². The van der Waals surface area contributed by atoms with Crippen LogP contribution in [0, 0.1) is 34.6 Å². The first-order valence-corrected chi connectivity index (χ1v) is 14.3. The van der Waals surface area contributed by atoms with Crippen molar-refractivity contribution in [2.45, 2.75) is 46.7 Å². The summed E-state index contributed by atoms with van der Waals surface area (Å²) in [5, 5.41) is 7.31. The number of amides is 1. The first-order chi connectivity index (χ1) is 19.6. The van der Waals surface area contributed by atoms with E-state index in [1.54, 1.807) is 12.3 Å². The van der Waals surface area contributed by atoms with Gasteiger partial charge in [-0.3, -0.25) is 9.78 Å². The second-order valence-electron chi connectivity index (χ2n) is 10.6. The summed E-state index contributed by atoms with van der Waals surface area (Å²) in [5.74, 6) is -0.275. The molecule has 2 aromatic heterocycles. The predicted octanol–water partition coefficient (Wildman–Crippen LogP) is 6.83. The molecule has 1 aliphatic heterocycles. The normalized spacial score (nSPS) is 16.7. The Kier molecular flexibility index (Phi) is 8.18. The zero-order chi connectivity index (χ0) is 29.4. The Hall–Kier alpha value is -3.72. The van der Waals surface area contributed by atoms with Crippen molar-refractivity contribution in [2.75, 3.05) is 23.9 Å². The molecule has 9 heteroatoms. The van der Waals surface area contributed by atoms with E-state index in [-0.39, 0.29) is 24.6 Å². The molecule has 4 aromatic rings. The standard InChI is InChI=1S/C32H34ClN5O2S/c1-18-13-19(2)30(20(3)14-18)37-21(4)15-24(22(37)5)31-29(27-9-7-8-12-34-27)36-32(41)38(31)23-10-11-26(25(33)16-23)35-28(39)17-40-6/h7-16,29,31H,17H2,1-6H3,(H,35,39)(H,36,41)/t29-,31+/m1/s1. The lowest BCUT2D eigenvalue weighted by Gasteiger charge is -2.29. The third-order valence-electron chi connectivity index (χ3n) is 7.53. The lowest BCUT2D eigenvalue weighted by Crippen LogP contribution is -2.29. The lowest BCUT2D eigenvalue weighted by atomic mass is 9.96. The van der Waals surface area contributed by atoms with Crippen LogP contribution >= 0.6 is 23.8 Å². The molecule has 1 amide bonds. The summed E-state index contributed by atoms with van der Waals surface area (Å²) < 4.78 is 7.27. The second-order valence-corrected chi connectivity index (χ2v) is 11.3. The van der Waals surface area contributed by atoms with E-state index in [4.69, 9.17) is 33.5 Å². The molecule has 1 aliphatic rings. The summed E-state index contributed by atoms with van der Waals surface area (Å²) in [5.41, 5.74) is 10.5. The van der Waals surface area contributed by atoms with Gasteiger partial charge in [0.25, 0.3) is 0 Å². The zero-order valence-corrected chi connectivity index (χ0v) is 25.7. The van der Waals surface area contributed by atoms with Gasteiger partial charge in [0.1, 0.15) is 6.61 Å². The first-order valence-electron chi connectivity index (χ1n) is 13.5. The molecule has 0 bridgehead atoms. The van der Waals surface area contributed by atoms with Gasteiger partial charge in [0.15, 0.2) is 5.11 Å². The average molecular weight is 588 g/mol. The summed E-state index contributed by atoms with van der Waals surface area (Å²) in [6.07, 6.45) is 1.80. The van der Waals surface area contributed by atoms with Gasteiger partial charge in [-0.05, 0) is 99.9 Å². The van der Waals surface area contributed by atoms with E-state index >= 15 is 0 Å². The largest absolute Gasteiger partial charge is 0.375 e. The molecule has 7 nitrogen and oxygen atoms in total. The van der Waals surface area contributed by atoms with Crippen LogP contribution in [0.1, 0.15) is 51.4 Å². The molecule has 41 heavy (non-hydrogen) atoms. The zero-order valence-electron chi connectivity index (χ0n) is 24.1. The number of hydrogen-bond acceptors (Lipinski definition) is 4. The summed E-state index contributed by atoms with van der Waals surface area (Å²) in [7, 11) is 1.47. The SMILES string of the molecule is COCC(=O)Nc1ccc(N2C(=S)N[C@H](c3ccccn3)[C@@H]2c2cc(C)n(-c3c(C)cc(C)cc3C)c2C)cc1Cl. The fourth-order valence-electron chi connectivity index (χ4n) is 5.98. The Labute approximate surface area is 251 Å². The van der Waals surface area contributed by atoms with E-state index in [9.17, 15) is 4.79 Å². The molecular weight excluding hydrogens is 554 g/mol. The highest BCUT2D eigenvalue weighted by Crippen LogP contribution is 2.45. The van der Waals surface area contributed by atoms with Gasteiger partial charge in [0, 0.05) is 30.4 Å². The van der Waals surface area contributed by atoms with Crippen LogP contribution in [-0.2, 0) is 9.53 Å². The molecule has 0 radical (unpaired) electrons. The summed E-state index contributed by atoms with van der Waals surface area (Å²) in [6.45, 7) is 10.7. The molecule has 5 rings (SSSR count). The van der Waals surface area contributed by atoms with Crippen LogP contribution in [-0.4, -0.2) is 34.3 Å². The molecule has 2 N–H and O–H groups in total. The Morgan fingerprint density at radius 1 is 1.07 bits per heavy atom. The number of methoxy groups -OCH3 is 1. The predicted molar refractivity (Wildman–Crippen MR) is 169 cm³/mol. The van der Waals surface area contributed by atoms with Crippen LogP contribution in [0.3, 0.4) is 0 Å². The number of hydrogen-bond donors (Lipinski definition) is 2. The molecule has 0 unspecified atom stereocenters. The van der Waals surface area contributed by atoms with Gasteiger partial charge < -0.3 is 24.8 Å². The Bertz CT molecular complexity index is 1610. The van der Waals surface area contributed by atoms with E-state index < -0.39 is 0 Å². The molecular formula is C32H34ClN5O2S. The van der Waals surface area contributed by atoms with Gasteiger partial charge in [-0.25, -0.2) is 0 Å². The van der Waals surface area contributed by atoms with Crippen molar-refractivity contribution in [2.24, 2.45) is 0 Å². The second kappa shape index (κ2) is 11.6. The highest BCUT2D eigenvalue weighted by atomic mass is 35.5. The fraction of sp³-hybridized carbons (Fsp3) is 0.281. The highest BCUT2D eigenvalue weighted by molar-refractivity contribution is 7.80. The minimum absolute atomic E-state index is 0.0540. The Balaban J connectivity index is 1.64. The molecule has 1 fully saturated rings. The van der Waals surface area contributed by atoms with Crippen LogP contribution in [0.15, 0.2) is 60.8 Å². The van der Waals surface area contributed by atoms with Crippen molar-refractivity contribution in [3.63, 3.8) is 0 Å². The number of carbonyl (C=O) groups excluding carboxylic acids is 1. The summed E-state index contributed by atoms with van der Waals surface area (Å²) >= 11 is 12.6. The van der Waals surface area contributed by atoms with E-state index in [0.717, 1.165) is 28.3 Å². The van der Waals surface area contributed by atoms with Gasteiger partial charge in [0.05, 0.1) is 34.2 Å². The van der Waals surface area contributed by atoms with Crippen molar-refractivity contribution >= 4 is 46.2 Å². The molecule has 2 aromatic carbocycles. The Morgan fingerprint density at radius 2 is 1.80 bits per heavy atom. The van der Waals surface area contributed by atoms with Crippen LogP contribution in [0.25, 0.3) is 5.69 Å². The number of nitrogens with zero attached hydrogens (tertiary/aromatic N) is 3. The minimum Gasteiger partial charge on any atom is -0.375 e. The quantitative estimate of drug-likeness (QED) is 0.231. The molecule has 0 saturated carbocycles. The van der Waals surface area contributed by atoms with Crippen molar-refractivity contribution < 1.29 is 9.53 Å². The van der Waals surface area contributed by atoms with Gasteiger partial charge in [0.2, 0.25) is 5.91 Å². The van der Waals surface area contributed by atoms with E-state index in [1.165, 1.54) is 29.5 Å². The van der Waals surface area contributed by atoms with Crippen molar-refractivity contribution in [3.05, 3.63) is 105 Å². The molecule has 0 aliphatic carbocycles. The van der Waals surface area contributed by atoms with Gasteiger partial charge in [-0.1, -0.05) is 35.4 Å². The third-order valence-corrected chi connectivity index (χ3v) is 8.15. The minimum atomic E-state index is -0.275. The highest BCUT2D eigenvalue weighted by Gasteiger charge is 2.42. The maximum atomic E-state index is 12.1. The number of pyridine rings is 1. The number of anilines is 2. The Morgan fingerprint density at radius 3 is 2.44 bits per heavy atom. The summed E-state index contributed by atoms with van der Waals surface area (Å²) in [4.78, 5) is 18.9. The van der Waals surface area contributed by atoms with Crippen LogP contribution in [0.4, 0.5) is 11.4 Å². The lowest BCUT2D eigenvalue weighted by molar-refractivity contribution is -0.119. The monoisotopic (exact) mass is 587 g/mol. The number of carbonyl (C=O) groups is 1. The van der Waals surface area contributed by atoms with Crippen LogP contribution < -0.4 is 15.5 Å². The van der Waals surface area contributed by atoms with Crippen molar-refractivity contribution in [1.29, 1.82) is 0 Å². The number of aromatic nitrogens is 2. The number of ether oxygens (including phenoxy) is 1. The van der Waals surface area contributed by atoms with E-state index in [0.29, 0.717) is 15.8 Å². The number of nitrogens with one attached hydrogen (secondary N) is 2. The van der Waals surface area contributed by atoms with Crippen LogP contribution in [0.5, 0.6) is 0 Å². The maximum Gasteiger partial charge on any atom is 0.250 e. The molecule has 0 spiro atoms. The number of benzene rings is 2. The smallest absolute Gasteiger partial charge is 0.250 e. The first kappa shape index (κ1) is 28.8. The van der Waals surface area contributed by atoms with Crippen molar-refractivity contribution in [1.82, 2.24) is 14.9 Å². The number of thiocarbonyl (C=S) groups is 1. The van der Waals surface area contributed by atoms with Gasteiger partial charge in [-0.2, -0.15) is 0 Å². The maximum absolute atomic E-state index is 12.1. The third kappa shape index (κ3) is 5.47.